The molecule has 0 saturated heterocycles. The van der Waals surface area contributed by atoms with E-state index in [1.807, 2.05) is 26.8 Å². The summed E-state index contributed by atoms with van der Waals surface area (Å²) >= 11 is 0. The molecule has 0 spiro atoms. The molecular formula is C15H18FN3O. The molecule has 1 aliphatic rings. The first-order valence-electron chi connectivity index (χ1n) is 6.80. The van der Waals surface area contributed by atoms with Gasteiger partial charge in [0.1, 0.15) is 5.82 Å². The topological polar surface area (TPSA) is 51.0 Å². The monoisotopic (exact) mass is 275 g/mol. The van der Waals surface area contributed by atoms with E-state index in [0.29, 0.717) is 17.8 Å². The summed E-state index contributed by atoms with van der Waals surface area (Å²) in [5.41, 5.74) is 0.861. The lowest BCUT2D eigenvalue weighted by Crippen LogP contribution is -2.12. The molecule has 20 heavy (non-hydrogen) atoms. The SMILES string of the molecule is CC(C)(C)c1nc(N[C@@H]2C[C@H]2c2cccc(F)c2)no1. The Labute approximate surface area is 117 Å². The highest BCUT2D eigenvalue weighted by atomic mass is 19.1. The Morgan fingerprint density at radius 3 is 2.80 bits per heavy atom. The van der Waals surface area contributed by atoms with E-state index in [1.165, 1.54) is 6.07 Å². The third kappa shape index (κ3) is 2.66. The standard InChI is InChI=1S/C15H18FN3O/c1-15(2,3)13-18-14(19-20-13)17-12-8-11(12)9-5-4-6-10(16)7-9/h4-7,11-12H,8H2,1-3H3,(H,17,19)/t11-,12+/m0/s1. The second-order valence-electron chi connectivity index (χ2n) is 6.32. The second-order valence-corrected chi connectivity index (χ2v) is 6.32. The summed E-state index contributed by atoms with van der Waals surface area (Å²) in [6, 6.07) is 6.99. The molecule has 0 radical (unpaired) electrons. The zero-order valence-electron chi connectivity index (χ0n) is 11.9. The predicted octanol–water partition coefficient (Wildman–Crippen LogP) is 3.47. The zero-order chi connectivity index (χ0) is 14.3. The van der Waals surface area contributed by atoms with Gasteiger partial charge in [0, 0.05) is 17.4 Å². The molecule has 0 aliphatic heterocycles. The van der Waals surface area contributed by atoms with Crippen molar-refractivity contribution in [1.82, 2.24) is 10.1 Å². The number of nitrogens with one attached hydrogen (secondary N) is 1. The van der Waals surface area contributed by atoms with Gasteiger partial charge < -0.3 is 9.84 Å². The fourth-order valence-corrected chi connectivity index (χ4v) is 2.21. The highest BCUT2D eigenvalue weighted by molar-refractivity contribution is 5.36. The summed E-state index contributed by atoms with van der Waals surface area (Å²) in [6.07, 6.45) is 0.961. The van der Waals surface area contributed by atoms with Crippen LogP contribution in [0.4, 0.5) is 10.3 Å². The van der Waals surface area contributed by atoms with Crippen molar-refractivity contribution in [1.29, 1.82) is 0 Å². The molecule has 0 amide bonds. The lowest BCUT2D eigenvalue weighted by atomic mass is 9.97. The maximum absolute atomic E-state index is 13.2. The molecule has 1 fully saturated rings. The lowest BCUT2D eigenvalue weighted by Gasteiger charge is -2.10. The van der Waals surface area contributed by atoms with Crippen LogP contribution in [0.3, 0.4) is 0 Å². The predicted molar refractivity (Wildman–Crippen MR) is 74.2 cm³/mol. The minimum Gasteiger partial charge on any atom is -0.348 e. The van der Waals surface area contributed by atoms with Gasteiger partial charge in [0.2, 0.25) is 5.89 Å². The van der Waals surface area contributed by atoms with E-state index in [4.69, 9.17) is 4.52 Å². The van der Waals surface area contributed by atoms with Crippen LogP contribution in [-0.4, -0.2) is 16.2 Å². The largest absolute Gasteiger partial charge is 0.348 e. The number of aromatic nitrogens is 2. The molecule has 4 nitrogen and oxygen atoms in total. The number of nitrogens with zero attached hydrogens (tertiary/aromatic N) is 2. The van der Waals surface area contributed by atoms with E-state index in [1.54, 1.807) is 12.1 Å². The molecule has 1 saturated carbocycles. The minimum absolute atomic E-state index is 0.154. The maximum atomic E-state index is 13.2. The van der Waals surface area contributed by atoms with E-state index in [2.05, 4.69) is 15.5 Å². The van der Waals surface area contributed by atoms with Gasteiger partial charge in [0.25, 0.3) is 5.95 Å². The van der Waals surface area contributed by atoms with Crippen molar-refractivity contribution < 1.29 is 8.91 Å². The molecule has 2 aromatic rings. The van der Waals surface area contributed by atoms with Crippen LogP contribution in [0.5, 0.6) is 0 Å². The molecule has 1 N–H and O–H groups in total. The highest BCUT2D eigenvalue weighted by Gasteiger charge is 2.39. The maximum Gasteiger partial charge on any atom is 0.263 e. The van der Waals surface area contributed by atoms with Gasteiger partial charge in [-0.2, -0.15) is 4.98 Å². The van der Waals surface area contributed by atoms with Crippen LogP contribution in [0.1, 0.15) is 44.6 Å². The smallest absolute Gasteiger partial charge is 0.263 e. The van der Waals surface area contributed by atoms with Gasteiger partial charge in [-0.05, 0) is 29.3 Å². The van der Waals surface area contributed by atoms with Crippen molar-refractivity contribution in [2.24, 2.45) is 0 Å². The van der Waals surface area contributed by atoms with Crippen molar-refractivity contribution in [3.8, 4) is 0 Å². The Balaban J connectivity index is 1.65. The molecule has 0 unspecified atom stereocenters. The summed E-state index contributed by atoms with van der Waals surface area (Å²) in [4.78, 5) is 4.34. The van der Waals surface area contributed by atoms with Crippen LogP contribution < -0.4 is 5.32 Å². The molecule has 1 aromatic carbocycles. The Kier molecular flexibility index (Phi) is 3.00. The first kappa shape index (κ1) is 13.1. The molecule has 2 atom stereocenters. The van der Waals surface area contributed by atoms with E-state index < -0.39 is 0 Å². The van der Waals surface area contributed by atoms with Crippen LogP contribution >= 0.6 is 0 Å². The lowest BCUT2D eigenvalue weighted by molar-refractivity contribution is 0.321. The molecule has 1 aliphatic carbocycles. The summed E-state index contributed by atoms with van der Waals surface area (Å²) < 4.78 is 18.4. The van der Waals surface area contributed by atoms with Crippen molar-refractivity contribution >= 4 is 5.95 Å². The van der Waals surface area contributed by atoms with E-state index in [-0.39, 0.29) is 17.3 Å². The second kappa shape index (κ2) is 4.58. The fourth-order valence-electron chi connectivity index (χ4n) is 2.21. The van der Waals surface area contributed by atoms with Crippen LogP contribution in [-0.2, 0) is 5.41 Å². The molecule has 106 valence electrons. The number of hydrogen-bond donors (Lipinski definition) is 1. The quantitative estimate of drug-likeness (QED) is 0.931. The Bertz CT molecular complexity index is 618. The van der Waals surface area contributed by atoms with Gasteiger partial charge in [-0.15, -0.1) is 0 Å². The van der Waals surface area contributed by atoms with E-state index in [9.17, 15) is 4.39 Å². The van der Waals surface area contributed by atoms with Crippen molar-refractivity contribution in [2.45, 2.75) is 44.6 Å². The number of halogens is 1. The number of benzene rings is 1. The fraction of sp³-hybridized carbons (Fsp3) is 0.467. The van der Waals surface area contributed by atoms with Gasteiger partial charge in [-0.3, -0.25) is 0 Å². The minimum atomic E-state index is -0.192. The summed E-state index contributed by atoms with van der Waals surface area (Å²) in [5.74, 6) is 1.26. The van der Waals surface area contributed by atoms with Gasteiger partial charge in [0.05, 0.1) is 0 Å². The molecule has 3 rings (SSSR count). The zero-order valence-corrected chi connectivity index (χ0v) is 11.9. The van der Waals surface area contributed by atoms with Crippen molar-refractivity contribution in [3.63, 3.8) is 0 Å². The van der Waals surface area contributed by atoms with E-state index >= 15 is 0 Å². The van der Waals surface area contributed by atoms with Crippen molar-refractivity contribution in [3.05, 3.63) is 41.5 Å². The van der Waals surface area contributed by atoms with Gasteiger partial charge in [0.15, 0.2) is 0 Å². The third-order valence-electron chi connectivity index (χ3n) is 3.45. The third-order valence-corrected chi connectivity index (χ3v) is 3.45. The van der Waals surface area contributed by atoms with Crippen LogP contribution in [0.25, 0.3) is 0 Å². The molecule has 0 bridgehead atoms. The highest BCUT2D eigenvalue weighted by Crippen LogP contribution is 2.42. The first-order valence-corrected chi connectivity index (χ1v) is 6.80. The van der Waals surface area contributed by atoms with Crippen LogP contribution in [0.2, 0.25) is 0 Å². The van der Waals surface area contributed by atoms with Gasteiger partial charge in [-0.1, -0.05) is 32.9 Å². The summed E-state index contributed by atoms with van der Waals surface area (Å²) in [5, 5.41) is 7.18. The Hall–Kier alpha value is -1.91. The summed E-state index contributed by atoms with van der Waals surface area (Å²) in [7, 11) is 0. The van der Waals surface area contributed by atoms with E-state index in [0.717, 1.165) is 12.0 Å². The van der Waals surface area contributed by atoms with Gasteiger partial charge in [-0.25, -0.2) is 4.39 Å². The average Bonchev–Trinajstić information content (AvgIpc) is 2.94. The number of anilines is 1. The Morgan fingerprint density at radius 2 is 2.15 bits per heavy atom. The summed E-state index contributed by atoms with van der Waals surface area (Å²) in [6.45, 7) is 6.07. The number of rotatable bonds is 3. The molecular weight excluding hydrogens is 257 g/mol. The molecule has 1 heterocycles. The average molecular weight is 275 g/mol. The molecule has 1 aromatic heterocycles. The van der Waals surface area contributed by atoms with Crippen LogP contribution in [0, 0.1) is 5.82 Å². The van der Waals surface area contributed by atoms with Crippen molar-refractivity contribution in [2.75, 3.05) is 5.32 Å². The first-order chi connectivity index (χ1) is 9.43. The van der Waals surface area contributed by atoms with Gasteiger partial charge >= 0.3 is 0 Å². The Morgan fingerprint density at radius 1 is 1.35 bits per heavy atom. The normalized spacial score (nSPS) is 21.8. The molecule has 5 heteroatoms. The van der Waals surface area contributed by atoms with Crippen LogP contribution in [0.15, 0.2) is 28.8 Å². The number of hydrogen-bond acceptors (Lipinski definition) is 4.